The maximum Gasteiger partial charge on any atom is 0.421 e. The summed E-state index contributed by atoms with van der Waals surface area (Å²) in [4.78, 5) is 13.8. The number of hydrogen-bond acceptors (Lipinski definition) is 7. The van der Waals surface area contributed by atoms with Crippen LogP contribution in [0.2, 0.25) is 10.0 Å². The van der Waals surface area contributed by atoms with Gasteiger partial charge in [-0.1, -0.05) is 80.1 Å². The Hall–Kier alpha value is -2.93. The molecule has 0 spiro atoms. The van der Waals surface area contributed by atoms with Gasteiger partial charge in [-0.15, -0.1) is 0 Å². The average molecular weight is 644 g/mol. The maximum absolute atomic E-state index is 14.0. The van der Waals surface area contributed by atoms with Gasteiger partial charge in [0, 0.05) is 15.5 Å². The summed E-state index contributed by atoms with van der Waals surface area (Å²) in [6.45, 7) is 5.54. The van der Waals surface area contributed by atoms with Crippen molar-refractivity contribution in [1.82, 2.24) is 14.7 Å². The highest BCUT2D eigenvalue weighted by atomic mass is 35.5. The van der Waals surface area contributed by atoms with Crippen molar-refractivity contribution in [3.8, 4) is 0 Å². The number of halogens is 2. The first kappa shape index (κ1) is 32.6. The Bertz CT molecular complexity index is 1580. The Morgan fingerprint density at radius 3 is 1.95 bits per heavy atom. The second-order valence-corrected chi connectivity index (χ2v) is 13.4. The summed E-state index contributed by atoms with van der Waals surface area (Å²) in [6.07, 6.45) is 5.54. The van der Waals surface area contributed by atoms with Crippen LogP contribution in [0.1, 0.15) is 56.8 Å². The minimum Gasteiger partial charge on any atom is -0.346 e. The molecule has 0 aliphatic carbocycles. The fourth-order valence-corrected chi connectivity index (χ4v) is 7.16. The fraction of sp³-hybridized carbons (Fsp3) is 0.370. The summed E-state index contributed by atoms with van der Waals surface area (Å²) in [7, 11) is -9.00. The summed E-state index contributed by atoms with van der Waals surface area (Å²) in [5.74, 6) is -0.636. The van der Waals surface area contributed by atoms with Gasteiger partial charge in [-0.25, -0.2) is 15.3 Å². The Kier molecular flexibility index (Phi) is 11.8. The predicted molar refractivity (Wildman–Crippen MR) is 160 cm³/mol. The van der Waals surface area contributed by atoms with Crippen molar-refractivity contribution in [3.05, 3.63) is 76.0 Å². The maximum atomic E-state index is 14.0. The van der Waals surface area contributed by atoms with Crippen LogP contribution in [0, 0.1) is 13.8 Å². The van der Waals surface area contributed by atoms with Gasteiger partial charge in [0.2, 0.25) is 0 Å². The molecule has 0 aliphatic heterocycles. The van der Waals surface area contributed by atoms with Crippen LogP contribution in [-0.4, -0.2) is 43.5 Å². The predicted octanol–water partition coefficient (Wildman–Crippen LogP) is 5.84. The van der Waals surface area contributed by atoms with Gasteiger partial charge in [-0.2, -0.15) is 21.6 Å². The molecule has 0 radical (unpaired) electrons. The van der Waals surface area contributed by atoms with Gasteiger partial charge < -0.3 is 4.84 Å². The lowest BCUT2D eigenvalue weighted by atomic mass is 10.1. The largest absolute Gasteiger partial charge is 0.421 e. The van der Waals surface area contributed by atoms with E-state index < -0.39 is 26.0 Å². The molecule has 0 amide bonds. The molecular weight excluding hydrogens is 609 g/mol. The van der Waals surface area contributed by atoms with Crippen LogP contribution in [0.4, 0.5) is 5.95 Å². The zero-order valence-electron chi connectivity index (χ0n) is 23.1. The van der Waals surface area contributed by atoms with Crippen LogP contribution in [-0.2, 0) is 24.9 Å². The molecular formula is C27H34Cl2N5O5S2+. The number of hydrogen-bond donors (Lipinski definition) is 2. The molecule has 0 fully saturated rings. The summed E-state index contributed by atoms with van der Waals surface area (Å²) in [5, 5.41) is 2.58. The van der Waals surface area contributed by atoms with Gasteiger partial charge in [-0.3, -0.25) is 0 Å². The summed E-state index contributed by atoms with van der Waals surface area (Å²) in [5.41, 5.74) is 1.14. The molecule has 3 aromatic rings. The standard InChI is InChI=1S/C27H33Cl2N5O5S2/c1-4-5-6-7-8-13-18-39-34(41(37,38)25-17-12-10-15-23(25)29)27(32-26-30-20(2)19-21(3)31-26)33-40(35,36)24-16-11-9-14-22(24)28/h9-12,14-17,19H,4-8,13,18H2,1-3H3,(H,30,31,32,33)/p+1. The lowest BCUT2D eigenvalue weighted by Crippen LogP contribution is -2.45. The third-order valence-electron chi connectivity index (χ3n) is 5.79. The van der Waals surface area contributed by atoms with Crippen LogP contribution in [0.3, 0.4) is 0 Å². The molecule has 0 saturated carbocycles. The van der Waals surface area contributed by atoms with Crippen molar-refractivity contribution in [2.75, 3.05) is 11.9 Å². The average Bonchev–Trinajstić information content (AvgIpc) is 2.89. The van der Waals surface area contributed by atoms with Gasteiger partial charge in [-0.05, 0) is 57.0 Å². The highest BCUT2D eigenvalue weighted by Gasteiger charge is 2.36. The molecule has 0 saturated heterocycles. The molecule has 1 heterocycles. The van der Waals surface area contributed by atoms with E-state index in [-0.39, 0.29) is 32.4 Å². The number of aryl methyl sites for hydroxylation is 2. The molecule has 222 valence electrons. The van der Waals surface area contributed by atoms with Crippen molar-refractivity contribution in [1.29, 1.82) is 0 Å². The molecule has 1 aromatic heterocycles. The quantitative estimate of drug-likeness (QED) is 0.0782. The monoisotopic (exact) mass is 642 g/mol. The first-order valence-corrected chi connectivity index (χ1v) is 16.8. The van der Waals surface area contributed by atoms with Crippen molar-refractivity contribution >= 4 is 55.2 Å². The molecule has 0 unspecified atom stereocenters. The Balaban J connectivity index is 2.15. The van der Waals surface area contributed by atoms with Gasteiger partial charge in [0.25, 0.3) is 5.95 Å². The highest BCUT2D eigenvalue weighted by molar-refractivity contribution is 7.90. The number of nitrogens with one attached hydrogen (secondary N) is 2. The van der Waals surface area contributed by atoms with Crippen molar-refractivity contribution < 1.29 is 25.8 Å². The summed E-state index contributed by atoms with van der Waals surface area (Å²) >= 11 is 12.4. The molecule has 0 aliphatic rings. The minimum absolute atomic E-state index is 0.0253. The van der Waals surface area contributed by atoms with E-state index in [1.807, 2.05) is 0 Å². The number of rotatable bonds is 13. The van der Waals surface area contributed by atoms with E-state index >= 15 is 0 Å². The van der Waals surface area contributed by atoms with E-state index in [9.17, 15) is 16.8 Å². The second kappa shape index (κ2) is 14.8. The van der Waals surface area contributed by atoms with Crippen LogP contribution >= 0.6 is 23.2 Å². The third kappa shape index (κ3) is 9.03. The zero-order chi connectivity index (χ0) is 30.0. The number of aromatic nitrogens is 2. The molecule has 0 atom stereocenters. The Morgan fingerprint density at radius 1 is 0.829 bits per heavy atom. The van der Waals surface area contributed by atoms with Crippen molar-refractivity contribution in [2.45, 2.75) is 69.1 Å². The van der Waals surface area contributed by atoms with Crippen LogP contribution < -0.4 is 10.0 Å². The first-order valence-electron chi connectivity index (χ1n) is 13.1. The highest BCUT2D eigenvalue weighted by Crippen LogP contribution is 2.24. The SMILES string of the molecule is CCCCCCCCO[N+](=C(Nc1nc(C)cc(C)n1)NS(=O)(=O)c1ccccc1Cl)S(=O)(=O)c1ccccc1Cl. The first-order chi connectivity index (χ1) is 19.5. The van der Waals surface area contributed by atoms with E-state index in [0.29, 0.717) is 22.0 Å². The van der Waals surface area contributed by atoms with Crippen molar-refractivity contribution in [2.24, 2.45) is 0 Å². The number of anilines is 1. The van der Waals surface area contributed by atoms with Gasteiger partial charge in [0.05, 0.1) is 10.0 Å². The second-order valence-electron chi connectivity index (χ2n) is 9.25. The summed E-state index contributed by atoms with van der Waals surface area (Å²) in [6, 6.07) is 13.3. The Morgan fingerprint density at radius 2 is 1.37 bits per heavy atom. The third-order valence-corrected chi connectivity index (χ3v) is 9.71. The van der Waals surface area contributed by atoms with Crippen LogP contribution in [0.25, 0.3) is 0 Å². The number of sulfonamides is 2. The fourth-order valence-electron chi connectivity index (χ4n) is 3.87. The van der Waals surface area contributed by atoms with Gasteiger partial charge >= 0.3 is 26.0 Å². The van der Waals surface area contributed by atoms with Gasteiger partial charge in [0.15, 0.2) is 0 Å². The van der Waals surface area contributed by atoms with Gasteiger partial charge in [0.1, 0.15) is 16.4 Å². The molecule has 14 heteroatoms. The number of nitrogens with zero attached hydrogens (tertiary/aromatic N) is 3. The van der Waals surface area contributed by atoms with Crippen LogP contribution in [0.15, 0.2) is 64.4 Å². The Labute approximate surface area is 251 Å². The van der Waals surface area contributed by atoms with E-state index in [1.165, 1.54) is 36.4 Å². The van der Waals surface area contributed by atoms with E-state index in [1.54, 1.807) is 32.0 Å². The topological polar surface area (TPSA) is 130 Å². The number of unbranched alkanes of at least 4 members (excludes halogenated alkanes) is 5. The lowest BCUT2D eigenvalue weighted by Gasteiger charge is -2.15. The van der Waals surface area contributed by atoms with Crippen LogP contribution in [0.5, 0.6) is 0 Å². The van der Waals surface area contributed by atoms with E-state index in [4.69, 9.17) is 28.0 Å². The smallest absolute Gasteiger partial charge is 0.346 e. The lowest BCUT2D eigenvalue weighted by molar-refractivity contribution is -0.677. The van der Waals surface area contributed by atoms with Crippen molar-refractivity contribution in [3.63, 3.8) is 0 Å². The number of guanidine groups is 1. The number of benzene rings is 2. The minimum atomic E-state index is -4.57. The molecule has 41 heavy (non-hydrogen) atoms. The molecule has 2 N–H and O–H groups in total. The zero-order valence-corrected chi connectivity index (χ0v) is 26.2. The summed E-state index contributed by atoms with van der Waals surface area (Å²) < 4.78 is 57.7. The molecule has 10 nitrogen and oxygen atoms in total. The molecule has 3 rings (SSSR count). The molecule has 0 bridgehead atoms. The molecule has 2 aromatic carbocycles. The van der Waals surface area contributed by atoms with E-state index in [0.717, 1.165) is 32.1 Å². The van der Waals surface area contributed by atoms with E-state index in [2.05, 4.69) is 26.9 Å². The normalized spacial score (nSPS) is 12.5.